The first-order chi connectivity index (χ1) is 4.86. The molecule has 0 saturated carbocycles. The lowest BCUT2D eigenvalue weighted by Crippen LogP contribution is -1.78. The van der Waals surface area contributed by atoms with Gasteiger partial charge in [-0.25, -0.2) is 0 Å². The number of methoxy groups -OCH3 is 1. The summed E-state index contributed by atoms with van der Waals surface area (Å²) in [7, 11) is 1.61. The van der Waals surface area contributed by atoms with Crippen molar-refractivity contribution in [2.45, 2.75) is 19.8 Å². The van der Waals surface area contributed by atoms with Crippen LogP contribution in [0.3, 0.4) is 0 Å². The third-order valence-electron chi connectivity index (χ3n) is 1.37. The molecule has 0 spiro atoms. The maximum absolute atomic E-state index is 5.04. The first-order valence-corrected chi connectivity index (χ1v) is 3.48. The molecule has 1 aromatic heterocycles. The molecule has 0 atom stereocenters. The quantitative estimate of drug-likeness (QED) is 0.642. The molecular formula is C8H12O2. The van der Waals surface area contributed by atoms with Crippen molar-refractivity contribution in [2.75, 3.05) is 7.11 Å². The van der Waals surface area contributed by atoms with Crippen molar-refractivity contribution in [1.29, 1.82) is 0 Å². The number of aryl methyl sites for hydroxylation is 1. The molecule has 0 aliphatic heterocycles. The van der Waals surface area contributed by atoms with Crippen molar-refractivity contribution in [1.82, 2.24) is 0 Å². The molecule has 0 aromatic carbocycles. The molecule has 2 heteroatoms. The van der Waals surface area contributed by atoms with E-state index in [9.17, 15) is 0 Å². The van der Waals surface area contributed by atoms with Gasteiger partial charge in [0.1, 0.15) is 0 Å². The zero-order chi connectivity index (χ0) is 7.40. The van der Waals surface area contributed by atoms with Gasteiger partial charge in [-0.15, -0.1) is 0 Å². The first kappa shape index (κ1) is 7.19. The second kappa shape index (κ2) is 3.30. The summed E-state index contributed by atoms with van der Waals surface area (Å²) in [4.78, 5) is 0. The SMILES string of the molecule is CCCc1coc(OC)c1. The van der Waals surface area contributed by atoms with Gasteiger partial charge in [-0.1, -0.05) is 13.3 Å². The second-order valence-corrected chi connectivity index (χ2v) is 2.23. The van der Waals surface area contributed by atoms with E-state index in [2.05, 4.69) is 6.92 Å². The zero-order valence-corrected chi connectivity index (χ0v) is 6.39. The minimum atomic E-state index is 0.600. The fourth-order valence-corrected chi connectivity index (χ4v) is 0.880. The molecule has 0 saturated heterocycles. The molecule has 0 unspecified atom stereocenters. The molecule has 1 heterocycles. The lowest BCUT2D eigenvalue weighted by molar-refractivity contribution is 0.305. The Morgan fingerprint density at radius 3 is 2.90 bits per heavy atom. The molecular weight excluding hydrogens is 128 g/mol. The third kappa shape index (κ3) is 1.53. The van der Waals surface area contributed by atoms with Crippen molar-refractivity contribution < 1.29 is 9.15 Å². The van der Waals surface area contributed by atoms with Crippen molar-refractivity contribution in [3.05, 3.63) is 17.9 Å². The maximum Gasteiger partial charge on any atom is 0.284 e. The Morgan fingerprint density at radius 2 is 2.40 bits per heavy atom. The summed E-state index contributed by atoms with van der Waals surface area (Å²) in [6.07, 6.45) is 3.94. The highest BCUT2D eigenvalue weighted by atomic mass is 16.6. The highest BCUT2D eigenvalue weighted by Crippen LogP contribution is 2.15. The molecule has 0 N–H and O–H groups in total. The number of hydrogen-bond donors (Lipinski definition) is 0. The van der Waals surface area contributed by atoms with Crippen molar-refractivity contribution in [2.24, 2.45) is 0 Å². The fraction of sp³-hybridized carbons (Fsp3) is 0.500. The van der Waals surface area contributed by atoms with Crippen LogP contribution in [0.1, 0.15) is 18.9 Å². The topological polar surface area (TPSA) is 22.4 Å². The van der Waals surface area contributed by atoms with E-state index in [-0.39, 0.29) is 0 Å². The van der Waals surface area contributed by atoms with Crippen LogP contribution in [-0.2, 0) is 6.42 Å². The summed E-state index contributed by atoms with van der Waals surface area (Å²) in [6.45, 7) is 2.14. The smallest absolute Gasteiger partial charge is 0.284 e. The Balaban J connectivity index is 2.59. The summed E-state index contributed by atoms with van der Waals surface area (Å²) < 4.78 is 9.92. The standard InChI is InChI=1S/C8H12O2/c1-3-4-7-5-8(9-2)10-6-7/h5-6H,3-4H2,1-2H3. The molecule has 0 aliphatic carbocycles. The lowest BCUT2D eigenvalue weighted by atomic mass is 10.2. The second-order valence-electron chi connectivity index (χ2n) is 2.23. The van der Waals surface area contributed by atoms with Crippen molar-refractivity contribution in [3.8, 4) is 5.95 Å². The Hall–Kier alpha value is -0.920. The first-order valence-electron chi connectivity index (χ1n) is 3.48. The molecule has 1 rings (SSSR count). The van der Waals surface area contributed by atoms with Crippen LogP contribution in [0.25, 0.3) is 0 Å². The summed E-state index contributed by atoms with van der Waals surface area (Å²) in [5.41, 5.74) is 1.21. The number of ether oxygens (including phenoxy) is 1. The third-order valence-corrected chi connectivity index (χ3v) is 1.37. The van der Waals surface area contributed by atoms with E-state index in [0.29, 0.717) is 5.95 Å². The van der Waals surface area contributed by atoms with Crippen LogP contribution in [0, 0.1) is 0 Å². The van der Waals surface area contributed by atoms with Gasteiger partial charge < -0.3 is 9.15 Å². The molecule has 2 nitrogen and oxygen atoms in total. The summed E-state index contributed by atoms with van der Waals surface area (Å²) >= 11 is 0. The average molecular weight is 140 g/mol. The van der Waals surface area contributed by atoms with Gasteiger partial charge in [0.15, 0.2) is 0 Å². The van der Waals surface area contributed by atoms with Crippen molar-refractivity contribution in [3.63, 3.8) is 0 Å². The number of hydrogen-bond acceptors (Lipinski definition) is 2. The van der Waals surface area contributed by atoms with Gasteiger partial charge in [-0.3, -0.25) is 0 Å². The Morgan fingerprint density at radius 1 is 1.60 bits per heavy atom. The Bertz CT molecular complexity index is 191. The van der Waals surface area contributed by atoms with E-state index in [1.807, 2.05) is 6.07 Å². The van der Waals surface area contributed by atoms with Gasteiger partial charge in [0.2, 0.25) is 0 Å². The highest BCUT2D eigenvalue weighted by molar-refractivity contribution is 5.16. The molecule has 10 heavy (non-hydrogen) atoms. The van der Waals surface area contributed by atoms with Gasteiger partial charge in [-0.05, 0) is 12.0 Å². The van der Waals surface area contributed by atoms with Crippen LogP contribution in [0.2, 0.25) is 0 Å². The molecule has 0 aliphatic rings. The van der Waals surface area contributed by atoms with Crippen LogP contribution in [-0.4, -0.2) is 7.11 Å². The highest BCUT2D eigenvalue weighted by Gasteiger charge is 1.98. The summed E-state index contributed by atoms with van der Waals surface area (Å²) in [5, 5.41) is 0. The predicted octanol–water partition coefficient (Wildman–Crippen LogP) is 2.24. The minimum absolute atomic E-state index is 0.600. The monoisotopic (exact) mass is 140 g/mol. The van der Waals surface area contributed by atoms with Gasteiger partial charge >= 0.3 is 0 Å². The fourth-order valence-electron chi connectivity index (χ4n) is 0.880. The Kier molecular flexibility index (Phi) is 2.37. The molecule has 0 radical (unpaired) electrons. The Labute approximate surface area is 60.8 Å². The van der Waals surface area contributed by atoms with E-state index in [1.165, 1.54) is 5.56 Å². The number of rotatable bonds is 3. The molecule has 0 amide bonds. The zero-order valence-electron chi connectivity index (χ0n) is 6.39. The largest absolute Gasteiger partial charge is 0.468 e. The molecule has 1 aromatic rings. The van der Waals surface area contributed by atoms with E-state index in [4.69, 9.17) is 9.15 Å². The van der Waals surface area contributed by atoms with Gasteiger partial charge in [-0.2, -0.15) is 0 Å². The van der Waals surface area contributed by atoms with Crippen LogP contribution in [0.15, 0.2) is 16.7 Å². The van der Waals surface area contributed by atoms with Crippen LogP contribution < -0.4 is 4.74 Å². The van der Waals surface area contributed by atoms with E-state index in [0.717, 1.165) is 12.8 Å². The van der Waals surface area contributed by atoms with Crippen LogP contribution >= 0.6 is 0 Å². The molecule has 0 bridgehead atoms. The van der Waals surface area contributed by atoms with E-state index in [1.54, 1.807) is 13.4 Å². The van der Waals surface area contributed by atoms with Crippen LogP contribution in [0.5, 0.6) is 5.95 Å². The van der Waals surface area contributed by atoms with Gasteiger partial charge in [0.25, 0.3) is 5.95 Å². The lowest BCUT2D eigenvalue weighted by Gasteiger charge is -1.87. The molecule has 0 fully saturated rings. The van der Waals surface area contributed by atoms with Gasteiger partial charge in [0.05, 0.1) is 13.4 Å². The van der Waals surface area contributed by atoms with Crippen LogP contribution in [0.4, 0.5) is 0 Å². The summed E-state index contributed by atoms with van der Waals surface area (Å²) in [5.74, 6) is 0.600. The molecule has 56 valence electrons. The van der Waals surface area contributed by atoms with E-state index >= 15 is 0 Å². The predicted molar refractivity (Wildman–Crippen MR) is 39.3 cm³/mol. The van der Waals surface area contributed by atoms with Gasteiger partial charge in [0, 0.05) is 6.07 Å². The summed E-state index contributed by atoms with van der Waals surface area (Å²) in [6, 6.07) is 1.92. The minimum Gasteiger partial charge on any atom is -0.468 e. The maximum atomic E-state index is 5.04. The average Bonchev–Trinajstić information content (AvgIpc) is 2.37. The van der Waals surface area contributed by atoms with Crippen molar-refractivity contribution >= 4 is 0 Å². The van der Waals surface area contributed by atoms with E-state index < -0.39 is 0 Å². The number of furan rings is 1. The normalized spacial score (nSPS) is 9.80.